The molecule has 1 aliphatic heterocycles. The van der Waals surface area contributed by atoms with Gasteiger partial charge in [-0.25, -0.2) is 9.88 Å². The lowest BCUT2D eigenvalue weighted by molar-refractivity contribution is -0.137. The Morgan fingerprint density at radius 1 is 1.18 bits per heavy atom. The van der Waals surface area contributed by atoms with Gasteiger partial charge in [-0.2, -0.15) is 13.2 Å². The smallest absolute Gasteiger partial charge is 0.351 e. The molecule has 0 spiro atoms. The zero-order valence-corrected chi connectivity index (χ0v) is 16.5. The minimum absolute atomic E-state index is 0.0159. The molecule has 28 heavy (non-hydrogen) atoms. The van der Waals surface area contributed by atoms with E-state index in [-0.39, 0.29) is 35.7 Å². The number of hydrogen-bond acceptors (Lipinski definition) is 4. The molecule has 1 N–H and O–H groups in total. The highest BCUT2D eigenvalue weighted by Gasteiger charge is 2.39. The van der Waals surface area contributed by atoms with Gasteiger partial charge in [0.2, 0.25) is 5.91 Å². The quantitative estimate of drug-likeness (QED) is 0.599. The van der Waals surface area contributed by atoms with Crippen molar-refractivity contribution in [1.29, 1.82) is 0 Å². The first-order chi connectivity index (χ1) is 12.7. The maximum Gasteiger partial charge on any atom is 0.419 e. The van der Waals surface area contributed by atoms with Crippen LogP contribution in [-0.2, 0) is 20.6 Å². The second-order valence-corrected chi connectivity index (χ2v) is 7.71. The van der Waals surface area contributed by atoms with E-state index in [9.17, 15) is 27.6 Å². The molecule has 0 saturated carbocycles. The van der Waals surface area contributed by atoms with Crippen LogP contribution >= 0.6 is 11.6 Å². The van der Waals surface area contributed by atoms with Gasteiger partial charge in [-0.05, 0) is 46.2 Å². The van der Waals surface area contributed by atoms with E-state index in [2.05, 4.69) is 10.3 Å². The lowest BCUT2D eigenvalue weighted by Crippen LogP contribution is -2.40. The lowest BCUT2D eigenvalue weighted by atomic mass is 10.0. The number of hydrogen-bond donors (Lipinski definition) is 1. The Bertz CT molecular complexity index is 873. The predicted octanol–water partition coefficient (Wildman–Crippen LogP) is 3.64. The second-order valence-electron chi connectivity index (χ2n) is 7.35. The summed E-state index contributed by atoms with van der Waals surface area (Å²) >= 11 is 5.58. The van der Waals surface area contributed by atoms with Gasteiger partial charge in [-0.15, -0.1) is 0 Å². The van der Waals surface area contributed by atoms with E-state index >= 15 is 0 Å². The molecule has 1 aliphatic rings. The fourth-order valence-corrected chi connectivity index (χ4v) is 2.92. The highest BCUT2D eigenvalue weighted by atomic mass is 35.5. The number of carbonyl (C=O) groups is 3. The standard InChI is InChI=1S/C18H19ClF3N3O3/c1-9-10(5-8-13(26)24-17(2,3)4)16(28)25(15(9)27)12-7-6-11(14(19)23-12)18(20,21)22/h6-7H,5,8H2,1-4H3,(H,24,26). The van der Waals surface area contributed by atoms with Gasteiger partial charge >= 0.3 is 6.18 Å². The van der Waals surface area contributed by atoms with Gasteiger partial charge in [0.1, 0.15) is 11.0 Å². The SMILES string of the molecule is CC1=C(CCC(=O)NC(C)(C)C)C(=O)N(c2ccc(C(F)(F)F)c(Cl)n2)C1=O. The molecule has 0 saturated heterocycles. The van der Waals surface area contributed by atoms with E-state index in [4.69, 9.17) is 11.6 Å². The summed E-state index contributed by atoms with van der Waals surface area (Å²) < 4.78 is 38.4. The van der Waals surface area contributed by atoms with Crippen LogP contribution in [0.15, 0.2) is 23.3 Å². The lowest BCUT2D eigenvalue weighted by Gasteiger charge is -2.20. The second kappa shape index (κ2) is 7.54. The average Bonchev–Trinajstić information content (AvgIpc) is 2.72. The minimum atomic E-state index is -4.71. The number of rotatable bonds is 4. The van der Waals surface area contributed by atoms with E-state index in [0.717, 1.165) is 6.07 Å². The number of pyridine rings is 1. The fraction of sp³-hybridized carbons (Fsp3) is 0.444. The Hall–Kier alpha value is -2.42. The highest BCUT2D eigenvalue weighted by Crippen LogP contribution is 2.36. The summed E-state index contributed by atoms with van der Waals surface area (Å²) in [7, 11) is 0. The molecule has 6 nitrogen and oxygen atoms in total. The van der Waals surface area contributed by atoms with Gasteiger partial charge in [-0.1, -0.05) is 11.6 Å². The van der Waals surface area contributed by atoms with Crippen molar-refractivity contribution in [1.82, 2.24) is 10.3 Å². The normalized spacial score (nSPS) is 15.5. The molecule has 1 aromatic rings. The molecule has 0 bridgehead atoms. The van der Waals surface area contributed by atoms with Crippen molar-refractivity contribution in [3.8, 4) is 0 Å². The first-order valence-corrected chi connectivity index (χ1v) is 8.73. The van der Waals surface area contributed by atoms with Crippen molar-refractivity contribution < 1.29 is 27.6 Å². The zero-order chi connectivity index (χ0) is 21.4. The Kier molecular flexibility index (Phi) is 5.89. The van der Waals surface area contributed by atoms with Crippen LogP contribution in [0.1, 0.15) is 46.1 Å². The van der Waals surface area contributed by atoms with E-state index in [1.807, 2.05) is 0 Å². The fourth-order valence-electron chi connectivity index (χ4n) is 2.67. The summed E-state index contributed by atoms with van der Waals surface area (Å²) in [6.07, 6.45) is -4.71. The molecule has 0 radical (unpaired) electrons. The van der Waals surface area contributed by atoms with Crippen molar-refractivity contribution in [3.63, 3.8) is 0 Å². The van der Waals surface area contributed by atoms with Crippen molar-refractivity contribution in [2.24, 2.45) is 0 Å². The van der Waals surface area contributed by atoms with Gasteiger partial charge in [0.15, 0.2) is 0 Å². The van der Waals surface area contributed by atoms with Crippen LogP contribution < -0.4 is 10.2 Å². The van der Waals surface area contributed by atoms with Gasteiger partial charge < -0.3 is 5.32 Å². The average molecular weight is 418 g/mol. The molecule has 0 fully saturated rings. The minimum Gasteiger partial charge on any atom is -0.351 e. The van der Waals surface area contributed by atoms with Crippen molar-refractivity contribution in [2.45, 2.75) is 52.3 Å². The number of aromatic nitrogens is 1. The van der Waals surface area contributed by atoms with Gasteiger partial charge in [0.05, 0.1) is 5.56 Å². The number of nitrogens with zero attached hydrogens (tertiary/aromatic N) is 2. The Labute approximate surface area is 164 Å². The highest BCUT2D eigenvalue weighted by molar-refractivity contribution is 6.33. The summed E-state index contributed by atoms with van der Waals surface area (Å²) in [5, 5.41) is 1.89. The molecular formula is C18H19ClF3N3O3. The summed E-state index contributed by atoms with van der Waals surface area (Å²) in [6, 6.07) is 1.57. The predicted molar refractivity (Wildman–Crippen MR) is 96.6 cm³/mol. The molecule has 152 valence electrons. The first-order valence-electron chi connectivity index (χ1n) is 8.35. The first kappa shape index (κ1) is 21.9. The topological polar surface area (TPSA) is 79.4 Å². The van der Waals surface area contributed by atoms with Gasteiger partial charge in [0, 0.05) is 23.1 Å². The molecule has 0 aliphatic carbocycles. The van der Waals surface area contributed by atoms with Crippen LogP contribution in [0.4, 0.5) is 19.0 Å². The largest absolute Gasteiger partial charge is 0.419 e. The van der Waals surface area contributed by atoms with Crippen molar-refractivity contribution in [3.05, 3.63) is 34.0 Å². The molecule has 0 atom stereocenters. The number of carbonyl (C=O) groups excluding carboxylic acids is 3. The van der Waals surface area contributed by atoms with E-state index in [1.165, 1.54) is 6.92 Å². The van der Waals surface area contributed by atoms with Crippen molar-refractivity contribution >= 4 is 35.1 Å². The molecule has 1 aromatic heterocycles. The number of nitrogens with one attached hydrogen (secondary N) is 1. The van der Waals surface area contributed by atoms with E-state index in [1.54, 1.807) is 20.8 Å². The van der Waals surface area contributed by atoms with Gasteiger partial charge in [-0.3, -0.25) is 14.4 Å². The third-order valence-corrected chi connectivity index (χ3v) is 4.21. The summed E-state index contributed by atoms with van der Waals surface area (Å²) in [6.45, 7) is 6.84. The Morgan fingerprint density at radius 3 is 2.29 bits per heavy atom. The molecule has 2 rings (SSSR count). The number of anilines is 1. The van der Waals surface area contributed by atoms with Crippen LogP contribution in [0, 0.1) is 0 Å². The molecule has 3 amide bonds. The monoisotopic (exact) mass is 417 g/mol. The van der Waals surface area contributed by atoms with Crippen LogP contribution in [0.25, 0.3) is 0 Å². The third kappa shape index (κ3) is 4.70. The zero-order valence-electron chi connectivity index (χ0n) is 15.7. The molecular weight excluding hydrogens is 399 g/mol. The van der Waals surface area contributed by atoms with Crippen LogP contribution in [0.3, 0.4) is 0 Å². The molecule has 0 aromatic carbocycles. The van der Waals surface area contributed by atoms with Crippen LogP contribution in [0.5, 0.6) is 0 Å². The maximum atomic E-state index is 12.8. The Balaban J connectivity index is 2.21. The van der Waals surface area contributed by atoms with E-state index < -0.39 is 34.2 Å². The van der Waals surface area contributed by atoms with Crippen LogP contribution in [-0.4, -0.2) is 28.2 Å². The molecule has 0 unspecified atom stereocenters. The summed E-state index contributed by atoms with van der Waals surface area (Å²) in [5.41, 5.74) is -1.37. The van der Waals surface area contributed by atoms with Gasteiger partial charge in [0.25, 0.3) is 11.8 Å². The Morgan fingerprint density at radius 2 is 1.79 bits per heavy atom. The third-order valence-electron chi connectivity index (χ3n) is 3.92. The number of halogens is 4. The maximum absolute atomic E-state index is 12.8. The summed E-state index contributed by atoms with van der Waals surface area (Å²) in [4.78, 5) is 41.2. The van der Waals surface area contributed by atoms with Crippen molar-refractivity contribution in [2.75, 3.05) is 4.90 Å². The summed E-state index contributed by atoms with van der Waals surface area (Å²) in [5.74, 6) is -2.03. The number of amides is 3. The molecule has 10 heteroatoms. The number of imide groups is 1. The van der Waals surface area contributed by atoms with Crippen LogP contribution in [0.2, 0.25) is 5.15 Å². The number of alkyl halides is 3. The van der Waals surface area contributed by atoms with E-state index in [0.29, 0.717) is 11.0 Å². The molecule has 2 heterocycles.